The Labute approximate surface area is 63.6 Å². The van der Waals surface area contributed by atoms with E-state index in [0.29, 0.717) is 6.04 Å². The molecule has 0 aliphatic rings. The lowest BCUT2D eigenvalue weighted by Gasteiger charge is -2.09. The maximum absolute atomic E-state index is 4.11. The Morgan fingerprint density at radius 2 is 2.22 bits per heavy atom. The lowest BCUT2D eigenvalue weighted by molar-refractivity contribution is 0.534. The molecule has 0 bridgehead atoms. The summed E-state index contributed by atoms with van der Waals surface area (Å²) in [6.07, 6.45) is 2.39. The van der Waals surface area contributed by atoms with E-state index in [4.69, 9.17) is 0 Å². The molecule has 0 amide bonds. The molecule has 0 heterocycles. The molecule has 1 N–H and O–H groups in total. The fourth-order valence-electron chi connectivity index (χ4n) is 0.572. The Morgan fingerprint density at radius 3 is 2.67 bits per heavy atom. The van der Waals surface area contributed by atoms with Crippen molar-refractivity contribution in [1.82, 2.24) is 5.32 Å². The van der Waals surface area contributed by atoms with Crippen LogP contribution in [0.3, 0.4) is 0 Å². The minimum Gasteiger partial charge on any atom is -0.314 e. The summed E-state index contributed by atoms with van der Waals surface area (Å²) in [6, 6.07) is 0.671. The van der Waals surface area contributed by atoms with Gasteiger partial charge in [-0.1, -0.05) is 6.92 Å². The largest absolute Gasteiger partial charge is 0.314 e. The zero-order chi connectivity index (χ0) is 7.11. The standard InChI is InChI=1S/C7H17NS/c1-3-7(2)8-5-4-6-9/h7-9H,3-6H2,1-2H3. The van der Waals surface area contributed by atoms with Crippen LogP contribution >= 0.6 is 12.6 Å². The maximum Gasteiger partial charge on any atom is 0.00361 e. The zero-order valence-corrected chi connectivity index (χ0v) is 7.25. The molecule has 0 aromatic carbocycles. The molecule has 0 aromatic heterocycles. The van der Waals surface area contributed by atoms with E-state index >= 15 is 0 Å². The number of hydrogen-bond donors (Lipinski definition) is 2. The van der Waals surface area contributed by atoms with Crippen LogP contribution in [0.4, 0.5) is 0 Å². The highest BCUT2D eigenvalue weighted by atomic mass is 32.1. The van der Waals surface area contributed by atoms with Gasteiger partial charge in [-0.2, -0.15) is 12.6 Å². The fraction of sp³-hybridized carbons (Fsp3) is 1.00. The minimum absolute atomic E-state index is 0.671. The average molecular weight is 147 g/mol. The van der Waals surface area contributed by atoms with Gasteiger partial charge in [0.1, 0.15) is 0 Å². The van der Waals surface area contributed by atoms with Crippen LogP contribution in [0.15, 0.2) is 0 Å². The highest BCUT2D eigenvalue weighted by molar-refractivity contribution is 7.80. The summed E-state index contributed by atoms with van der Waals surface area (Å²) in [5, 5.41) is 3.38. The lowest BCUT2D eigenvalue weighted by atomic mass is 10.2. The summed E-state index contributed by atoms with van der Waals surface area (Å²) in [5.41, 5.74) is 0. The monoisotopic (exact) mass is 147 g/mol. The van der Waals surface area contributed by atoms with Crippen molar-refractivity contribution >= 4 is 12.6 Å². The molecular weight excluding hydrogens is 130 g/mol. The van der Waals surface area contributed by atoms with Crippen LogP contribution in [0.5, 0.6) is 0 Å². The van der Waals surface area contributed by atoms with E-state index in [-0.39, 0.29) is 0 Å². The van der Waals surface area contributed by atoms with E-state index in [0.717, 1.165) is 12.3 Å². The van der Waals surface area contributed by atoms with E-state index in [2.05, 4.69) is 31.8 Å². The molecule has 0 fully saturated rings. The second-order valence-electron chi connectivity index (χ2n) is 2.34. The molecule has 0 radical (unpaired) electrons. The van der Waals surface area contributed by atoms with Crippen molar-refractivity contribution in [3.63, 3.8) is 0 Å². The molecule has 2 heteroatoms. The molecule has 1 unspecified atom stereocenters. The SMILES string of the molecule is CCC(C)NCCCS. The van der Waals surface area contributed by atoms with Crippen molar-refractivity contribution in [1.29, 1.82) is 0 Å². The quantitative estimate of drug-likeness (QED) is 0.445. The predicted octanol–water partition coefficient (Wildman–Crippen LogP) is 1.69. The summed E-state index contributed by atoms with van der Waals surface area (Å²) in [7, 11) is 0. The van der Waals surface area contributed by atoms with Gasteiger partial charge in [-0.15, -0.1) is 0 Å². The van der Waals surface area contributed by atoms with Gasteiger partial charge in [0.05, 0.1) is 0 Å². The summed E-state index contributed by atoms with van der Waals surface area (Å²) in [6.45, 7) is 5.51. The first-order chi connectivity index (χ1) is 4.31. The van der Waals surface area contributed by atoms with Crippen LogP contribution < -0.4 is 5.32 Å². The molecule has 1 atom stereocenters. The van der Waals surface area contributed by atoms with Crippen molar-refractivity contribution in [2.45, 2.75) is 32.7 Å². The van der Waals surface area contributed by atoms with Gasteiger partial charge in [0.2, 0.25) is 0 Å². The smallest absolute Gasteiger partial charge is 0.00361 e. The van der Waals surface area contributed by atoms with Crippen LogP contribution in [0, 0.1) is 0 Å². The highest BCUT2D eigenvalue weighted by Gasteiger charge is 1.93. The number of rotatable bonds is 5. The third kappa shape index (κ3) is 6.19. The van der Waals surface area contributed by atoms with Gasteiger partial charge in [0.15, 0.2) is 0 Å². The van der Waals surface area contributed by atoms with Gasteiger partial charge in [0.25, 0.3) is 0 Å². The normalized spacial score (nSPS) is 13.7. The molecule has 0 aliphatic heterocycles. The molecule has 0 rings (SSSR count). The first-order valence-electron chi connectivity index (χ1n) is 3.65. The molecule has 56 valence electrons. The third-order valence-electron chi connectivity index (χ3n) is 1.44. The number of thiol groups is 1. The van der Waals surface area contributed by atoms with Gasteiger partial charge < -0.3 is 5.32 Å². The van der Waals surface area contributed by atoms with Crippen LogP contribution in [0.25, 0.3) is 0 Å². The Morgan fingerprint density at radius 1 is 1.56 bits per heavy atom. The Bertz CT molecular complexity index is 56.9. The Kier molecular flexibility index (Phi) is 6.65. The van der Waals surface area contributed by atoms with Gasteiger partial charge in [-0.05, 0) is 32.1 Å². The molecule has 0 aromatic rings. The summed E-state index contributed by atoms with van der Waals surface area (Å²) < 4.78 is 0. The van der Waals surface area contributed by atoms with Crippen molar-refractivity contribution in [2.24, 2.45) is 0 Å². The van der Waals surface area contributed by atoms with Crippen LogP contribution in [-0.2, 0) is 0 Å². The van der Waals surface area contributed by atoms with Crippen molar-refractivity contribution in [3.8, 4) is 0 Å². The fourth-order valence-corrected chi connectivity index (χ4v) is 0.730. The lowest BCUT2D eigenvalue weighted by Crippen LogP contribution is -2.26. The average Bonchev–Trinajstić information content (AvgIpc) is 1.89. The molecule has 1 nitrogen and oxygen atoms in total. The highest BCUT2D eigenvalue weighted by Crippen LogP contribution is 1.88. The van der Waals surface area contributed by atoms with Crippen LogP contribution in [-0.4, -0.2) is 18.3 Å². The van der Waals surface area contributed by atoms with Gasteiger partial charge in [-0.3, -0.25) is 0 Å². The molecule has 0 saturated heterocycles. The Hall–Kier alpha value is 0.310. The van der Waals surface area contributed by atoms with E-state index in [9.17, 15) is 0 Å². The third-order valence-corrected chi connectivity index (χ3v) is 1.76. The van der Waals surface area contributed by atoms with Crippen LogP contribution in [0.1, 0.15) is 26.7 Å². The predicted molar refractivity (Wildman–Crippen MR) is 46.2 cm³/mol. The van der Waals surface area contributed by atoms with Crippen molar-refractivity contribution < 1.29 is 0 Å². The minimum atomic E-state index is 0.671. The number of hydrogen-bond acceptors (Lipinski definition) is 2. The molecule has 9 heavy (non-hydrogen) atoms. The molecule has 0 aliphatic carbocycles. The first-order valence-corrected chi connectivity index (χ1v) is 4.28. The summed E-state index contributed by atoms with van der Waals surface area (Å²) >= 11 is 4.11. The van der Waals surface area contributed by atoms with Crippen molar-refractivity contribution in [3.05, 3.63) is 0 Å². The summed E-state index contributed by atoms with van der Waals surface area (Å²) in [5.74, 6) is 0.990. The zero-order valence-electron chi connectivity index (χ0n) is 6.35. The summed E-state index contributed by atoms with van der Waals surface area (Å²) in [4.78, 5) is 0. The van der Waals surface area contributed by atoms with E-state index in [1.165, 1.54) is 12.8 Å². The van der Waals surface area contributed by atoms with Crippen molar-refractivity contribution in [2.75, 3.05) is 12.3 Å². The maximum atomic E-state index is 4.11. The van der Waals surface area contributed by atoms with E-state index < -0.39 is 0 Å². The second-order valence-corrected chi connectivity index (χ2v) is 2.79. The van der Waals surface area contributed by atoms with Gasteiger partial charge >= 0.3 is 0 Å². The second kappa shape index (κ2) is 6.43. The van der Waals surface area contributed by atoms with Gasteiger partial charge in [0, 0.05) is 6.04 Å². The molecular formula is C7H17NS. The molecule has 0 spiro atoms. The molecule has 0 saturated carbocycles. The first kappa shape index (κ1) is 9.31. The van der Waals surface area contributed by atoms with Crippen LogP contribution in [0.2, 0.25) is 0 Å². The topological polar surface area (TPSA) is 12.0 Å². The van der Waals surface area contributed by atoms with Gasteiger partial charge in [-0.25, -0.2) is 0 Å². The van der Waals surface area contributed by atoms with E-state index in [1.807, 2.05) is 0 Å². The van der Waals surface area contributed by atoms with E-state index in [1.54, 1.807) is 0 Å². The number of nitrogens with one attached hydrogen (secondary N) is 1. The Balaban J connectivity index is 2.88.